The number of ketones is 1. The van der Waals surface area contributed by atoms with Crippen LogP contribution in [0.1, 0.15) is 55.6 Å². The maximum absolute atomic E-state index is 12.6. The lowest BCUT2D eigenvalue weighted by Gasteiger charge is -2.22. The summed E-state index contributed by atoms with van der Waals surface area (Å²) in [6.07, 6.45) is 2.34. The van der Waals surface area contributed by atoms with E-state index in [1.54, 1.807) is 12.3 Å². The molecule has 1 aliphatic carbocycles. The quantitative estimate of drug-likeness (QED) is 0.728. The van der Waals surface area contributed by atoms with Crippen molar-refractivity contribution in [1.29, 1.82) is 0 Å². The molecule has 0 saturated carbocycles. The molecule has 6 nitrogen and oxygen atoms in total. The normalized spacial score (nSPS) is 15.9. The zero-order valence-electron chi connectivity index (χ0n) is 15.7. The van der Waals surface area contributed by atoms with Crippen LogP contribution in [0, 0.1) is 13.8 Å². The van der Waals surface area contributed by atoms with Crippen molar-refractivity contribution in [3.63, 3.8) is 0 Å². The zero-order valence-corrected chi connectivity index (χ0v) is 15.7. The molecule has 0 spiro atoms. The van der Waals surface area contributed by atoms with Gasteiger partial charge in [0.15, 0.2) is 5.78 Å². The van der Waals surface area contributed by atoms with Gasteiger partial charge in [-0.2, -0.15) is 0 Å². The average Bonchev–Trinajstić information content (AvgIpc) is 3.14. The van der Waals surface area contributed by atoms with E-state index >= 15 is 0 Å². The maximum atomic E-state index is 12.6. The highest BCUT2D eigenvalue weighted by Gasteiger charge is 2.30. The third-order valence-electron chi connectivity index (χ3n) is 4.98. The first-order valence-corrected chi connectivity index (χ1v) is 9.13. The molecule has 2 N–H and O–H groups in total. The Balaban J connectivity index is 1.63. The van der Waals surface area contributed by atoms with E-state index in [4.69, 9.17) is 4.42 Å². The van der Waals surface area contributed by atoms with Crippen LogP contribution in [-0.4, -0.2) is 16.7 Å². The molecular weight excluding hydrogens is 356 g/mol. The van der Waals surface area contributed by atoms with Gasteiger partial charge in [-0.15, -0.1) is 0 Å². The average molecular weight is 376 g/mol. The molecule has 0 fully saturated rings. The van der Waals surface area contributed by atoms with Crippen LogP contribution in [-0.2, 0) is 6.42 Å². The molecule has 6 heteroatoms. The van der Waals surface area contributed by atoms with Gasteiger partial charge < -0.3 is 14.7 Å². The Labute approximate surface area is 161 Å². The third kappa shape index (κ3) is 3.41. The van der Waals surface area contributed by atoms with Crippen LogP contribution in [0.3, 0.4) is 0 Å². The molecule has 1 amide bonds. The lowest BCUT2D eigenvalue weighted by Crippen LogP contribution is -2.29. The number of anilines is 1. The zero-order chi connectivity index (χ0) is 19.8. The first-order chi connectivity index (χ1) is 13.4. The molecule has 1 atom stereocenters. The number of furan rings is 1. The number of rotatable bonds is 3. The number of H-pyrrole nitrogens is 1. The Morgan fingerprint density at radius 3 is 2.54 bits per heavy atom. The molecule has 0 saturated heterocycles. The smallest absolute Gasteiger partial charge is 0.261 e. The van der Waals surface area contributed by atoms with Gasteiger partial charge in [0, 0.05) is 29.3 Å². The SMILES string of the molecule is Cc1cc(C)cc(NC(=O)c2cc3c([nH]c2=O)C[C@@H](c2ccco2)CC3=O)c1. The number of benzene rings is 1. The first kappa shape index (κ1) is 18.0. The Morgan fingerprint density at radius 1 is 1.11 bits per heavy atom. The highest BCUT2D eigenvalue weighted by Crippen LogP contribution is 2.31. The predicted molar refractivity (Wildman–Crippen MR) is 105 cm³/mol. The number of carbonyl (C=O) groups is 2. The Morgan fingerprint density at radius 2 is 1.86 bits per heavy atom. The van der Waals surface area contributed by atoms with E-state index in [2.05, 4.69) is 10.3 Å². The molecule has 0 unspecified atom stereocenters. The Bertz CT molecular complexity index is 1110. The van der Waals surface area contributed by atoms with Crippen LogP contribution in [0.25, 0.3) is 0 Å². The second kappa shape index (κ2) is 6.96. The van der Waals surface area contributed by atoms with Crippen molar-refractivity contribution in [2.75, 3.05) is 5.32 Å². The van der Waals surface area contributed by atoms with Crippen molar-refractivity contribution in [2.45, 2.75) is 32.6 Å². The first-order valence-electron chi connectivity index (χ1n) is 9.13. The van der Waals surface area contributed by atoms with Crippen molar-refractivity contribution >= 4 is 17.4 Å². The summed E-state index contributed by atoms with van der Waals surface area (Å²) in [7, 11) is 0. The number of aromatic amines is 1. The summed E-state index contributed by atoms with van der Waals surface area (Å²) in [5.41, 5.74) is 3.00. The van der Waals surface area contributed by atoms with Gasteiger partial charge in [0.25, 0.3) is 11.5 Å². The molecule has 4 rings (SSSR count). The number of aromatic nitrogens is 1. The predicted octanol–water partition coefficient (Wildman–Crippen LogP) is 3.75. The molecule has 142 valence electrons. The van der Waals surface area contributed by atoms with Crippen LogP contribution in [0.5, 0.6) is 0 Å². The van der Waals surface area contributed by atoms with Crippen LogP contribution in [0.2, 0.25) is 0 Å². The fourth-order valence-electron chi connectivity index (χ4n) is 3.77. The number of amides is 1. The van der Waals surface area contributed by atoms with Gasteiger partial charge in [0.05, 0.1) is 6.26 Å². The largest absolute Gasteiger partial charge is 0.469 e. The minimum Gasteiger partial charge on any atom is -0.469 e. The van der Waals surface area contributed by atoms with Crippen molar-refractivity contribution in [1.82, 2.24) is 4.98 Å². The van der Waals surface area contributed by atoms with Crippen LogP contribution >= 0.6 is 0 Å². The van der Waals surface area contributed by atoms with Gasteiger partial charge >= 0.3 is 0 Å². The van der Waals surface area contributed by atoms with Crippen LogP contribution < -0.4 is 10.9 Å². The maximum Gasteiger partial charge on any atom is 0.261 e. The second-order valence-electron chi connectivity index (χ2n) is 7.28. The molecule has 2 aromatic heterocycles. The van der Waals surface area contributed by atoms with E-state index in [0.717, 1.165) is 16.9 Å². The summed E-state index contributed by atoms with van der Waals surface area (Å²) in [6.45, 7) is 3.87. The second-order valence-corrected chi connectivity index (χ2v) is 7.28. The number of hydrogen-bond donors (Lipinski definition) is 2. The number of carbonyl (C=O) groups excluding carboxylic acids is 2. The number of hydrogen-bond acceptors (Lipinski definition) is 4. The number of Topliss-reactive ketones (excluding diaryl/α,β-unsaturated/α-hetero) is 1. The van der Waals surface area contributed by atoms with Crippen LogP contribution in [0.4, 0.5) is 5.69 Å². The lowest BCUT2D eigenvalue weighted by atomic mass is 9.84. The van der Waals surface area contributed by atoms with Crippen molar-refractivity contribution < 1.29 is 14.0 Å². The third-order valence-corrected chi connectivity index (χ3v) is 4.98. The summed E-state index contributed by atoms with van der Waals surface area (Å²) in [5, 5.41) is 2.75. The van der Waals surface area contributed by atoms with E-state index in [1.807, 2.05) is 38.1 Å². The Kier molecular flexibility index (Phi) is 4.47. The molecular formula is C22H20N2O4. The van der Waals surface area contributed by atoms with Gasteiger partial charge in [-0.1, -0.05) is 6.07 Å². The highest BCUT2D eigenvalue weighted by molar-refractivity contribution is 6.06. The van der Waals surface area contributed by atoms with Crippen molar-refractivity contribution in [2.24, 2.45) is 0 Å². The summed E-state index contributed by atoms with van der Waals surface area (Å²) in [4.78, 5) is 40.5. The van der Waals surface area contributed by atoms with Gasteiger partial charge in [-0.25, -0.2) is 0 Å². The molecule has 28 heavy (non-hydrogen) atoms. The monoisotopic (exact) mass is 376 g/mol. The standard InChI is InChI=1S/C22H20N2O4/c1-12-6-13(2)8-15(7-12)23-21(26)17-11-16-18(24-22(17)27)9-14(10-19(16)25)20-4-3-5-28-20/h3-8,11,14H,9-10H2,1-2H3,(H,23,26)(H,24,27)/t14-/m1/s1. The topological polar surface area (TPSA) is 92.2 Å². The number of nitrogens with one attached hydrogen (secondary N) is 2. The van der Waals surface area contributed by atoms with E-state index < -0.39 is 11.5 Å². The molecule has 2 heterocycles. The fraction of sp³-hybridized carbons (Fsp3) is 0.227. The summed E-state index contributed by atoms with van der Waals surface area (Å²) >= 11 is 0. The summed E-state index contributed by atoms with van der Waals surface area (Å²) in [5.74, 6) is -0.0357. The highest BCUT2D eigenvalue weighted by atomic mass is 16.3. The van der Waals surface area contributed by atoms with Gasteiger partial charge in [-0.3, -0.25) is 14.4 Å². The van der Waals surface area contributed by atoms with Crippen LogP contribution in [0.15, 0.2) is 51.9 Å². The van der Waals surface area contributed by atoms with Gasteiger partial charge in [-0.05, 0) is 61.7 Å². The van der Waals surface area contributed by atoms with E-state index in [1.165, 1.54) is 6.07 Å². The molecule has 1 aromatic carbocycles. The van der Waals surface area contributed by atoms with E-state index in [9.17, 15) is 14.4 Å². The molecule has 1 aliphatic rings. The minimum absolute atomic E-state index is 0.0669. The van der Waals surface area contributed by atoms with Gasteiger partial charge in [0.2, 0.25) is 0 Å². The van der Waals surface area contributed by atoms with E-state index in [0.29, 0.717) is 23.4 Å². The minimum atomic E-state index is -0.532. The van der Waals surface area contributed by atoms with Gasteiger partial charge in [0.1, 0.15) is 11.3 Å². The molecule has 0 bridgehead atoms. The lowest BCUT2D eigenvalue weighted by molar-refractivity contribution is 0.0959. The summed E-state index contributed by atoms with van der Waals surface area (Å²) < 4.78 is 5.41. The molecule has 0 radical (unpaired) electrons. The number of pyridine rings is 1. The van der Waals surface area contributed by atoms with E-state index in [-0.39, 0.29) is 23.7 Å². The van der Waals surface area contributed by atoms with Crippen molar-refractivity contribution in [3.05, 3.63) is 86.7 Å². The Hall–Kier alpha value is -3.41. The number of fused-ring (bicyclic) bond motifs is 1. The molecule has 0 aliphatic heterocycles. The summed E-state index contributed by atoms with van der Waals surface area (Å²) in [6, 6.07) is 10.7. The number of aryl methyl sites for hydroxylation is 2. The van der Waals surface area contributed by atoms with Crippen molar-refractivity contribution in [3.8, 4) is 0 Å². The fourth-order valence-corrected chi connectivity index (χ4v) is 3.77. The molecule has 3 aromatic rings.